The lowest BCUT2D eigenvalue weighted by atomic mass is 9.97. The molecule has 0 fully saturated rings. The number of nitrogens with zero attached hydrogens (tertiary/aromatic N) is 2. The van der Waals surface area contributed by atoms with Gasteiger partial charge in [0.15, 0.2) is 0 Å². The first-order valence-corrected chi connectivity index (χ1v) is 6.98. The average molecular weight is 274 g/mol. The van der Waals surface area contributed by atoms with Crippen LogP contribution in [0.4, 0.5) is 0 Å². The molecule has 104 valence electrons. The standard InChI is InChI=1S/C13H24ClN3O/c1-5-11-10(12(14)17(4)16-11)8-15-9-13(18,6-2)7-3/h15,18H,5-9H2,1-4H3. The maximum atomic E-state index is 10.2. The molecule has 4 nitrogen and oxygen atoms in total. The molecule has 1 heterocycles. The Morgan fingerprint density at radius 3 is 2.44 bits per heavy atom. The Labute approximate surface area is 114 Å². The van der Waals surface area contributed by atoms with E-state index < -0.39 is 5.60 Å². The molecule has 1 aromatic heterocycles. The maximum absolute atomic E-state index is 10.2. The fourth-order valence-corrected chi connectivity index (χ4v) is 2.19. The van der Waals surface area contributed by atoms with Crippen molar-refractivity contribution >= 4 is 11.6 Å². The lowest BCUT2D eigenvalue weighted by molar-refractivity contribution is 0.0323. The van der Waals surface area contributed by atoms with Gasteiger partial charge in [0.05, 0.1) is 11.3 Å². The number of rotatable bonds is 7. The molecule has 5 heteroatoms. The molecule has 1 aromatic rings. The van der Waals surface area contributed by atoms with Crippen molar-refractivity contribution in [1.29, 1.82) is 0 Å². The average Bonchev–Trinajstić information content (AvgIpc) is 2.66. The fourth-order valence-electron chi connectivity index (χ4n) is 1.98. The quantitative estimate of drug-likeness (QED) is 0.801. The lowest BCUT2D eigenvalue weighted by Crippen LogP contribution is -2.39. The zero-order valence-corrected chi connectivity index (χ0v) is 12.5. The summed E-state index contributed by atoms with van der Waals surface area (Å²) in [6, 6.07) is 0. The van der Waals surface area contributed by atoms with Crippen LogP contribution >= 0.6 is 11.6 Å². The summed E-state index contributed by atoms with van der Waals surface area (Å²) in [5, 5.41) is 18.5. The molecule has 0 radical (unpaired) electrons. The summed E-state index contributed by atoms with van der Waals surface area (Å²) in [4.78, 5) is 0. The topological polar surface area (TPSA) is 50.1 Å². The van der Waals surface area contributed by atoms with E-state index >= 15 is 0 Å². The zero-order chi connectivity index (χ0) is 13.8. The van der Waals surface area contributed by atoms with E-state index in [1.807, 2.05) is 20.9 Å². The Kier molecular flexibility index (Phi) is 5.63. The van der Waals surface area contributed by atoms with Crippen molar-refractivity contribution < 1.29 is 5.11 Å². The maximum Gasteiger partial charge on any atom is 0.131 e. The summed E-state index contributed by atoms with van der Waals surface area (Å²) < 4.78 is 1.70. The van der Waals surface area contributed by atoms with E-state index in [-0.39, 0.29) is 0 Å². The number of aliphatic hydroxyl groups is 1. The van der Waals surface area contributed by atoms with Gasteiger partial charge < -0.3 is 10.4 Å². The van der Waals surface area contributed by atoms with Gasteiger partial charge in [-0.1, -0.05) is 32.4 Å². The van der Waals surface area contributed by atoms with Crippen molar-refractivity contribution in [1.82, 2.24) is 15.1 Å². The molecule has 2 N–H and O–H groups in total. The van der Waals surface area contributed by atoms with Gasteiger partial charge in [-0.3, -0.25) is 4.68 Å². The molecule has 0 aliphatic carbocycles. The summed E-state index contributed by atoms with van der Waals surface area (Å²) in [6.45, 7) is 7.29. The van der Waals surface area contributed by atoms with Crippen molar-refractivity contribution in [3.63, 3.8) is 0 Å². The third kappa shape index (κ3) is 3.46. The van der Waals surface area contributed by atoms with E-state index in [2.05, 4.69) is 17.3 Å². The Morgan fingerprint density at radius 1 is 1.33 bits per heavy atom. The SMILES string of the molecule is CCc1nn(C)c(Cl)c1CNCC(O)(CC)CC. The molecule has 0 aliphatic rings. The smallest absolute Gasteiger partial charge is 0.131 e. The minimum Gasteiger partial charge on any atom is -0.389 e. The largest absolute Gasteiger partial charge is 0.389 e. The van der Waals surface area contributed by atoms with E-state index in [1.54, 1.807) is 4.68 Å². The van der Waals surface area contributed by atoms with Gasteiger partial charge in [0, 0.05) is 25.7 Å². The molecule has 18 heavy (non-hydrogen) atoms. The van der Waals surface area contributed by atoms with Crippen molar-refractivity contribution in [2.45, 2.75) is 52.2 Å². The number of aryl methyl sites for hydroxylation is 2. The van der Waals surface area contributed by atoms with E-state index in [9.17, 15) is 5.11 Å². The van der Waals surface area contributed by atoms with Gasteiger partial charge in [0.2, 0.25) is 0 Å². The van der Waals surface area contributed by atoms with Crippen LogP contribution < -0.4 is 5.32 Å². The van der Waals surface area contributed by atoms with Crippen molar-refractivity contribution in [3.8, 4) is 0 Å². The first kappa shape index (κ1) is 15.5. The second-order valence-electron chi connectivity index (χ2n) is 4.73. The van der Waals surface area contributed by atoms with Crippen LogP contribution in [0.5, 0.6) is 0 Å². The third-order valence-corrected chi connectivity index (χ3v) is 4.03. The summed E-state index contributed by atoms with van der Waals surface area (Å²) in [6.07, 6.45) is 2.36. The molecule has 0 aromatic carbocycles. The van der Waals surface area contributed by atoms with Crippen molar-refractivity contribution in [3.05, 3.63) is 16.4 Å². The lowest BCUT2D eigenvalue weighted by Gasteiger charge is -2.25. The summed E-state index contributed by atoms with van der Waals surface area (Å²) in [5.74, 6) is 0. The second kappa shape index (κ2) is 6.55. The zero-order valence-electron chi connectivity index (χ0n) is 11.8. The van der Waals surface area contributed by atoms with E-state index in [0.717, 1.165) is 30.5 Å². The van der Waals surface area contributed by atoms with Gasteiger partial charge in [-0.25, -0.2) is 0 Å². The predicted octanol–water partition coefficient (Wildman–Crippen LogP) is 2.28. The molecular weight excluding hydrogens is 250 g/mol. The third-order valence-electron chi connectivity index (χ3n) is 3.56. The molecule has 0 atom stereocenters. The fraction of sp³-hybridized carbons (Fsp3) is 0.769. The molecule has 0 aliphatic heterocycles. The Bertz CT molecular complexity index is 386. The van der Waals surface area contributed by atoms with Crippen LogP contribution in [0, 0.1) is 0 Å². The molecule has 0 saturated heterocycles. The van der Waals surface area contributed by atoms with Crippen LogP contribution in [0.15, 0.2) is 0 Å². The number of aromatic nitrogens is 2. The second-order valence-corrected chi connectivity index (χ2v) is 5.09. The van der Waals surface area contributed by atoms with Gasteiger partial charge in [-0.15, -0.1) is 0 Å². The Balaban J connectivity index is 2.64. The first-order valence-electron chi connectivity index (χ1n) is 6.60. The predicted molar refractivity (Wildman–Crippen MR) is 74.8 cm³/mol. The molecule has 0 bridgehead atoms. The van der Waals surface area contributed by atoms with Crippen molar-refractivity contribution in [2.24, 2.45) is 7.05 Å². The van der Waals surface area contributed by atoms with E-state index in [1.165, 1.54) is 0 Å². The Hall–Kier alpha value is -0.580. The van der Waals surface area contributed by atoms with Crippen LogP contribution in [0.2, 0.25) is 5.15 Å². The van der Waals surface area contributed by atoms with Gasteiger partial charge in [0.25, 0.3) is 0 Å². The summed E-state index contributed by atoms with van der Waals surface area (Å²) in [7, 11) is 1.85. The monoisotopic (exact) mass is 273 g/mol. The van der Waals surface area contributed by atoms with Crippen LogP contribution in [0.25, 0.3) is 0 Å². The number of hydrogen-bond donors (Lipinski definition) is 2. The van der Waals surface area contributed by atoms with Gasteiger partial charge >= 0.3 is 0 Å². The number of halogens is 1. The number of nitrogens with one attached hydrogen (secondary N) is 1. The summed E-state index contributed by atoms with van der Waals surface area (Å²) in [5.41, 5.74) is 1.43. The molecule has 1 rings (SSSR count). The van der Waals surface area contributed by atoms with E-state index in [0.29, 0.717) is 18.2 Å². The van der Waals surface area contributed by atoms with Crippen LogP contribution in [-0.4, -0.2) is 27.0 Å². The van der Waals surface area contributed by atoms with Crippen LogP contribution in [-0.2, 0) is 20.0 Å². The van der Waals surface area contributed by atoms with E-state index in [4.69, 9.17) is 11.6 Å². The highest BCUT2D eigenvalue weighted by molar-refractivity contribution is 6.30. The molecule has 0 saturated carbocycles. The highest BCUT2D eigenvalue weighted by atomic mass is 35.5. The minimum atomic E-state index is -0.624. The van der Waals surface area contributed by atoms with Gasteiger partial charge in [0.1, 0.15) is 5.15 Å². The molecule has 0 spiro atoms. The molecular formula is C13H24ClN3O. The number of hydrogen-bond acceptors (Lipinski definition) is 3. The van der Waals surface area contributed by atoms with Crippen LogP contribution in [0.3, 0.4) is 0 Å². The highest BCUT2D eigenvalue weighted by Gasteiger charge is 2.22. The Morgan fingerprint density at radius 2 is 1.94 bits per heavy atom. The minimum absolute atomic E-state index is 0.578. The van der Waals surface area contributed by atoms with Crippen LogP contribution in [0.1, 0.15) is 44.9 Å². The molecule has 0 amide bonds. The first-order chi connectivity index (χ1) is 8.47. The molecule has 0 unspecified atom stereocenters. The van der Waals surface area contributed by atoms with Gasteiger partial charge in [-0.05, 0) is 19.3 Å². The van der Waals surface area contributed by atoms with Crippen molar-refractivity contribution in [2.75, 3.05) is 6.54 Å². The summed E-state index contributed by atoms with van der Waals surface area (Å²) >= 11 is 6.21. The van der Waals surface area contributed by atoms with Gasteiger partial charge in [-0.2, -0.15) is 5.10 Å². The normalized spacial score (nSPS) is 12.1. The highest BCUT2D eigenvalue weighted by Crippen LogP contribution is 2.20.